The molecule has 1 aliphatic carbocycles. The molecule has 0 aromatic carbocycles. The van der Waals surface area contributed by atoms with Crippen LogP contribution in [0.3, 0.4) is 0 Å². The van der Waals surface area contributed by atoms with Gasteiger partial charge in [0.25, 0.3) is 0 Å². The van der Waals surface area contributed by atoms with Gasteiger partial charge in [-0.3, -0.25) is 0 Å². The van der Waals surface area contributed by atoms with Crippen molar-refractivity contribution in [2.45, 2.75) is 31.8 Å². The first kappa shape index (κ1) is 9.81. The lowest BCUT2D eigenvalue weighted by atomic mass is 10.1. The molecule has 0 aromatic rings. The molecule has 1 aliphatic heterocycles. The summed E-state index contributed by atoms with van der Waals surface area (Å²) in [6.45, 7) is 2.66. The van der Waals surface area contributed by atoms with Crippen molar-refractivity contribution in [3.8, 4) is 0 Å². The van der Waals surface area contributed by atoms with E-state index in [0.29, 0.717) is 11.5 Å². The first-order chi connectivity index (χ1) is 6.35. The third-order valence-electron chi connectivity index (χ3n) is 3.09. The Labute approximate surface area is 85.4 Å². The van der Waals surface area contributed by atoms with Crippen LogP contribution in [-0.2, 0) is 9.47 Å². The second-order valence-corrected chi connectivity index (χ2v) is 4.60. The molecule has 1 saturated carbocycles. The number of rotatable bonds is 4. The molecule has 76 valence electrons. The summed E-state index contributed by atoms with van der Waals surface area (Å²) >= 11 is 4.36. The van der Waals surface area contributed by atoms with Gasteiger partial charge in [-0.15, -0.1) is 0 Å². The topological polar surface area (TPSA) is 18.5 Å². The van der Waals surface area contributed by atoms with Gasteiger partial charge in [0, 0.05) is 18.6 Å². The largest absolute Gasteiger partial charge is 0.381 e. The van der Waals surface area contributed by atoms with E-state index in [1.165, 1.54) is 12.8 Å². The fourth-order valence-corrected chi connectivity index (χ4v) is 2.07. The zero-order valence-corrected chi connectivity index (χ0v) is 8.89. The quantitative estimate of drug-likeness (QED) is 0.702. The van der Waals surface area contributed by atoms with Crippen molar-refractivity contribution in [3.05, 3.63) is 0 Å². The smallest absolute Gasteiger partial charge is 0.0619 e. The average Bonchev–Trinajstić information content (AvgIpc) is 2.97. The molecule has 1 heterocycles. The number of thiol groups is 1. The minimum atomic E-state index is 0.446. The molecule has 2 rings (SSSR count). The van der Waals surface area contributed by atoms with Gasteiger partial charge < -0.3 is 9.47 Å². The van der Waals surface area contributed by atoms with Crippen LogP contribution in [-0.4, -0.2) is 31.7 Å². The highest BCUT2D eigenvalue weighted by Crippen LogP contribution is 2.46. The highest BCUT2D eigenvalue weighted by molar-refractivity contribution is 7.80. The molecule has 0 N–H and O–H groups in total. The van der Waals surface area contributed by atoms with Crippen molar-refractivity contribution in [2.75, 3.05) is 25.6 Å². The molecule has 13 heavy (non-hydrogen) atoms. The van der Waals surface area contributed by atoms with Crippen LogP contribution in [0.25, 0.3) is 0 Å². The first-order valence-electron chi connectivity index (χ1n) is 5.15. The molecular formula is C10H18O2S. The molecule has 0 bridgehead atoms. The highest BCUT2D eigenvalue weighted by Gasteiger charge is 2.42. The zero-order valence-electron chi connectivity index (χ0n) is 8.00. The molecule has 0 radical (unpaired) electrons. The zero-order chi connectivity index (χ0) is 9.15. The average molecular weight is 202 g/mol. The van der Waals surface area contributed by atoms with Gasteiger partial charge in [0.05, 0.1) is 12.7 Å². The van der Waals surface area contributed by atoms with E-state index in [1.54, 1.807) is 0 Å². The van der Waals surface area contributed by atoms with Crippen LogP contribution >= 0.6 is 12.6 Å². The molecule has 2 aliphatic rings. The van der Waals surface area contributed by atoms with E-state index in [1.807, 2.05) is 0 Å². The van der Waals surface area contributed by atoms with Crippen molar-refractivity contribution < 1.29 is 9.47 Å². The van der Waals surface area contributed by atoms with E-state index >= 15 is 0 Å². The summed E-state index contributed by atoms with van der Waals surface area (Å²) in [6, 6.07) is 0. The Kier molecular flexibility index (Phi) is 3.17. The molecule has 0 spiro atoms. The summed E-state index contributed by atoms with van der Waals surface area (Å²) in [4.78, 5) is 0. The Morgan fingerprint density at radius 3 is 2.54 bits per heavy atom. The minimum absolute atomic E-state index is 0.446. The summed E-state index contributed by atoms with van der Waals surface area (Å²) in [5.74, 6) is 0.982. The van der Waals surface area contributed by atoms with E-state index in [4.69, 9.17) is 9.47 Å². The molecule has 0 atom stereocenters. The van der Waals surface area contributed by atoms with Crippen LogP contribution in [0.15, 0.2) is 0 Å². The van der Waals surface area contributed by atoms with Crippen LogP contribution in [0.1, 0.15) is 25.7 Å². The number of hydrogen-bond acceptors (Lipinski definition) is 3. The predicted molar refractivity (Wildman–Crippen MR) is 55.3 cm³/mol. The maximum atomic E-state index is 5.87. The highest BCUT2D eigenvalue weighted by atomic mass is 32.1. The lowest BCUT2D eigenvalue weighted by Gasteiger charge is -2.24. The third kappa shape index (κ3) is 2.61. The molecule has 1 saturated heterocycles. The summed E-state index contributed by atoms with van der Waals surface area (Å²) < 4.78 is 11.2. The van der Waals surface area contributed by atoms with Crippen LogP contribution < -0.4 is 0 Å². The fraction of sp³-hybridized carbons (Fsp3) is 1.00. The lowest BCUT2D eigenvalue weighted by Crippen LogP contribution is -2.26. The molecular weight excluding hydrogens is 184 g/mol. The SMILES string of the molecule is SCC1(COC2CCOCC2)CC1. The second-order valence-electron chi connectivity index (χ2n) is 4.28. The standard InChI is InChI=1S/C10H18O2S/c13-8-10(3-4-10)7-12-9-1-5-11-6-2-9/h9,13H,1-8H2. The monoisotopic (exact) mass is 202 g/mol. The van der Waals surface area contributed by atoms with E-state index in [2.05, 4.69) is 12.6 Å². The van der Waals surface area contributed by atoms with Crippen LogP contribution in [0.5, 0.6) is 0 Å². The molecule has 0 amide bonds. The minimum Gasteiger partial charge on any atom is -0.381 e. The molecule has 2 nitrogen and oxygen atoms in total. The van der Waals surface area contributed by atoms with Gasteiger partial charge in [-0.1, -0.05) is 0 Å². The number of hydrogen-bond donors (Lipinski definition) is 1. The van der Waals surface area contributed by atoms with Crippen LogP contribution in [0.4, 0.5) is 0 Å². The van der Waals surface area contributed by atoms with Crippen LogP contribution in [0, 0.1) is 5.41 Å². The van der Waals surface area contributed by atoms with Gasteiger partial charge in [-0.25, -0.2) is 0 Å². The summed E-state index contributed by atoms with van der Waals surface area (Å²) in [5.41, 5.74) is 0.446. The Morgan fingerprint density at radius 2 is 2.00 bits per heavy atom. The van der Waals surface area contributed by atoms with E-state index in [0.717, 1.165) is 38.4 Å². The molecule has 0 unspecified atom stereocenters. The van der Waals surface area contributed by atoms with Crippen LogP contribution in [0.2, 0.25) is 0 Å². The van der Waals surface area contributed by atoms with Crippen molar-refractivity contribution in [3.63, 3.8) is 0 Å². The van der Waals surface area contributed by atoms with Gasteiger partial charge in [0.1, 0.15) is 0 Å². The maximum absolute atomic E-state index is 5.87. The Hall–Kier alpha value is 0.270. The van der Waals surface area contributed by atoms with Crippen molar-refractivity contribution >= 4 is 12.6 Å². The van der Waals surface area contributed by atoms with Crippen molar-refractivity contribution in [1.29, 1.82) is 0 Å². The van der Waals surface area contributed by atoms with Gasteiger partial charge >= 0.3 is 0 Å². The van der Waals surface area contributed by atoms with Gasteiger partial charge in [-0.05, 0) is 31.4 Å². The first-order valence-corrected chi connectivity index (χ1v) is 5.78. The van der Waals surface area contributed by atoms with Gasteiger partial charge in [0.15, 0.2) is 0 Å². The summed E-state index contributed by atoms with van der Waals surface area (Å²) in [6.07, 6.45) is 5.20. The van der Waals surface area contributed by atoms with E-state index in [9.17, 15) is 0 Å². The fourth-order valence-electron chi connectivity index (χ4n) is 1.66. The van der Waals surface area contributed by atoms with E-state index in [-0.39, 0.29) is 0 Å². The predicted octanol–water partition coefficient (Wildman–Crippen LogP) is 1.89. The molecule has 2 fully saturated rings. The van der Waals surface area contributed by atoms with E-state index < -0.39 is 0 Å². The normalized spacial score (nSPS) is 27.5. The maximum Gasteiger partial charge on any atom is 0.0619 e. The Bertz CT molecular complexity index is 162. The summed E-state index contributed by atoms with van der Waals surface area (Å²) in [5, 5.41) is 0. The Balaban J connectivity index is 1.66. The van der Waals surface area contributed by atoms with Crippen molar-refractivity contribution in [2.24, 2.45) is 5.41 Å². The molecule has 3 heteroatoms. The van der Waals surface area contributed by atoms with Gasteiger partial charge in [0.2, 0.25) is 0 Å². The number of ether oxygens (including phenoxy) is 2. The third-order valence-corrected chi connectivity index (χ3v) is 3.76. The lowest BCUT2D eigenvalue weighted by molar-refractivity contribution is -0.0437. The second kappa shape index (κ2) is 4.20. The summed E-state index contributed by atoms with van der Waals surface area (Å²) in [7, 11) is 0. The Morgan fingerprint density at radius 1 is 1.31 bits per heavy atom. The van der Waals surface area contributed by atoms with Gasteiger partial charge in [-0.2, -0.15) is 12.6 Å². The van der Waals surface area contributed by atoms with Crippen molar-refractivity contribution in [1.82, 2.24) is 0 Å². The molecule has 0 aromatic heterocycles.